The molecule has 0 aliphatic carbocycles. The molecule has 0 fully saturated rings. The first kappa shape index (κ1) is 13.1. The number of benzene rings is 1. The van der Waals surface area contributed by atoms with Gasteiger partial charge in [-0.25, -0.2) is 9.78 Å². The van der Waals surface area contributed by atoms with E-state index >= 15 is 0 Å². The van der Waals surface area contributed by atoms with Crippen LogP contribution in [-0.2, 0) is 0 Å². The number of carbonyl (C=O) groups is 1. The van der Waals surface area contributed by atoms with Crippen molar-refractivity contribution < 1.29 is 14.3 Å². The molecule has 1 atom stereocenters. The summed E-state index contributed by atoms with van der Waals surface area (Å²) < 4.78 is 5.44. The summed E-state index contributed by atoms with van der Waals surface area (Å²) in [6.45, 7) is 5.56. The third kappa shape index (κ3) is 2.76. The summed E-state index contributed by atoms with van der Waals surface area (Å²) in [6.07, 6.45) is 1.64. The number of nitrogens with zero attached hydrogens (tertiary/aromatic N) is 1. The zero-order chi connectivity index (χ0) is 14.0. The van der Waals surface area contributed by atoms with E-state index in [0.29, 0.717) is 11.6 Å². The topological polar surface area (TPSA) is 75.4 Å². The Bertz CT molecular complexity index is 604. The molecule has 0 aliphatic rings. The average molecular weight is 260 g/mol. The summed E-state index contributed by atoms with van der Waals surface area (Å²) in [6, 6.07) is 4.96. The molecule has 2 aromatic rings. The summed E-state index contributed by atoms with van der Waals surface area (Å²) in [5, 5.41) is 12.4. The molecule has 5 nitrogen and oxygen atoms in total. The van der Waals surface area contributed by atoms with E-state index in [9.17, 15) is 9.90 Å². The molecule has 0 amide bonds. The molecule has 1 heterocycles. The molecule has 1 aromatic carbocycles. The molecule has 5 heteroatoms. The lowest BCUT2D eigenvalue weighted by Gasteiger charge is -2.16. The Morgan fingerprint density at radius 1 is 1.42 bits per heavy atom. The van der Waals surface area contributed by atoms with Gasteiger partial charge in [0.05, 0.1) is 17.4 Å². The van der Waals surface area contributed by atoms with Crippen LogP contribution < -0.4 is 5.32 Å². The number of aromatic nitrogens is 1. The van der Waals surface area contributed by atoms with Crippen LogP contribution in [0.25, 0.3) is 0 Å². The number of hydrogen-bond donors (Lipinski definition) is 2. The fourth-order valence-electron chi connectivity index (χ4n) is 1.89. The van der Waals surface area contributed by atoms with Crippen LogP contribution in [-0.4, -0.2) is 16.1 Å². The van der Waals surface area contributed by atoms with Gasteiger partial charge < -0.3 is 14.8 Å². The van der Waals surface area contributed by atoms with E-state index in [2.05, 4.69) is 10.3 Å². The average Bonchev–Trinajstić information content (AvgIpc) is 2.78. The summed E-state index contributed by atoms with van der Waals surface area (Å²) in [4.78, 5) is 15.4. The van der Waals surface area contributed by atoms with Crippen molar-refractivity contribution in [1.29, 1.82) is 0 Å². The third-order valence-electron chi connectivity index (χ3n) is 2.87. The Hall–Kier alpha value is -2.30. The third-order valence-corrected chi connectivity index (χ3v) is 2.87. The van der Waals surface area contributed by atoms with E-state index in [0.717, 1.165) is 11.3 Å². The van der Waals surface area contributed by atoms with Gasteiger partial charge in [0.2, 0.25) is 5.89 Å². The highest BCUT2D eigenvalue weighted by molar-refractivity contribution is 5.95. The smallest absolute Gasteiger partial charge is 0.337 e. The molecule has 0 saturated heterocycles. The van der Waals surface area contributed by atoms with Gasteiger partial charge in [0.1, 0.15) is 11.8 Å². The molecule has 2 N–H and O–H groups in total. The van der Waals surface area contributed by atoms with Gasteiger partial charge in [0, 0.05) is 0 Å². The monoisotopic (exact) mass is 260 g/mol. The maximum atomic E-state index is 11.2. The molecular formula is C14H16N2O3. The highest BCUT2D eigenvalue weighted by Gasteiger charge is 2.17. The second-order valence-electron chi connectivity index (χ2n) is 4.48. The minimum absolute atomic E-state index is 0.201. The van der Waals surface area contributed by atoms with Crippen molar-refractivity contribution in [2.75, 3.05) is 5.32 Å². The van der Waals surface area contributed by atoms with Gasteiger partial charge in [0.15, 0.2) is 0 Å². The van der Waals surface area contributed by atoms with Gasteiger partial charge in [-0.2, -0.15) is 0 Å². The number of oxazole rings is 1. The molecule has 2 rings (SSSR count). The summed E-state index contributed by atoms with van der Waals surface area (Å²) >= 11 is 0. The second kappa shape index (κ2) is 5.14. The zero-order valence-electron chi connectivity index (χ0n) is 11.1. The minimum Gasteiger partial charge on any atom is -0.478 e. The van der Waals surface area contributed by atoms with E-state index in [1.807, 2.05) is 26.8 Å². The van der Waals surface area contributed by atoms with Crippen LogP contribution in [0.4, 0.5) is 5.69 Å². The SMILES string of the molecule is Cc1cnc(C(C)Nc2c(C)cccc2C(=O)O)o1. The molecule has 0 spiro atoms. The van der Waals surface area contributed by atoms with Gasteiger partial charge in [-0.3, -0.25) is 0 Å². The van der Waals surface area contributed by atoms with Gasteiger partial charge in [0.25, 0.3) is 0 Å². The van der Waals surface area contributed by atoms with Crippen molar-refractivity contribution in [3.8, 4) is 0 Å². The van der Waals surface area contributed by atoms with Gasteiger partial charge in [-0.15, -0.1) is 0 Å². The fourth-order valence-corrected chi connectivity index (χ4v) is 1.89. The number of carboxylic acids is 1. The second-order valence-corrected chi connectivity index (χ2v) is 4.48. The lowest BCUT2D eigenvalue weighted by Crippen LogP contribution is -2.12. The predicted molar refractivity (Wildman–Crippen MR) is 71.4 cm³/mol. The molecular weight excluding hydrogens is 244 g/mol. The molecule has 0 saturated carbocycles. The van der Waals surface area contributed by atoms with Crippen molar-refractivity contribution in [3.63, 3.8) is 0 Å². The zero-order valence-corrected chi connectivity index (χ0v) is 11.1. The summed E-state index contributed by atoms with van der Waals surface area (Å²) in [7, 11) is 0. The number of rotatable bonds is 4. The van der Waals surface area contributed by atoms with Crippen LogP contribution in [0.3, 0.4) is 0 Å². The molecule has 0 bridgehead atoms. The molecule has 100 valence electrons. The first-order valence-electron chi connectivity index (χ1n) is 6.01. The van der Waals surface area contributed by atoms with E-state index in [1.165, 1.54) is 0 Å². The lowest BCUT2D eigenvalue weighted by molar-refractivity contribution is 0.0697. The number of aromatic carboxylic acids is 1. The van der Waals surface area contributed by atoms with Crippen molar-refractivity contribution in [1.82, 2.24) is 4.98 Å². The van der Waals surface area contributed by atoms with Crippen LogP contribution in [0.1, 0.15) is 40.5 Å². The van der Waals surface area contributed by atoms with Crippen molar-refractivity contribution in [2.45, 2.75) is 26.8 Å². The Morgan fingerprint density at radius 2 is 2.16 bits per heavy atom. The number of hydrogen-bond acceptors (Lipinski definition) is 4. The van der Waals surface area contributed by atoms with Crippen LogP contribution in [0.2, 0.25) is 0 Å². The fraction of sp³-hybridized carbons (Fsp3) is 0.286. The number of aryl methyl sites for hydroxylation is 2. The molecule has 0 radical (unpaired) electrons. The number of nitrogens with one attached hydrogen (secondary N) is 1. The van der Waals surface area contributed by atoms with Crippen LogP contribution in [0.15, 0.2) is 28.8 Å². The van der Waals surface area contributed by atoms with Gasteiger partial charge in [-0.1, -0.05) is 12.1 Å². The molecule has 1 aromatic heterocycles. The molecule has 19 heavy (non-hydrogen) atoms. The van der Waals surface area contributed by atoms with Crippen molar-refractivity contribution in [2.24, 2.45) is 0 Å². The van der Waals surface area contributed by atoms with Gasteiger partial charge in [-0.05, 0) is 32.4 Å². The summed E-state index contributed by atoms with van der Waals surface area (Å²) in [5.41, 5.74) is 1.71. The lowest BCUT2D eigenvalue weighted by atomic mass is 10.1. The van der Waals surface area contributed by atoms with Gasteiger partial charge >= 0.3 is 5.97 Å². The first-order valence-corrected chi connectivity index (χ1v) is 6.01. The standard InChI is InChI=1S/C14H16N2O3/c1-8-5-4-6-11(14(17)18)12(8)16-10(3)13-15-7-9(2)19-13/h4-7,10,16H,1-3H3,(H,17,18). The number of para-hydroxylation sites is 1. The predicted octanol–water partition coefficient (Wildman–Crippen LogP) is 3.16. The Kier molecular flexibility index (Phi) is 3.55. The molecule has 0 aliphatic heterocycles. The Morgan fingerprint density at radius 3 is 2.74 bits per heavy atom. The van der Waals surface area contributed by atoms with E-state index in [-0.39, 0.29) is 11.6 Å². The van der Waals surface area contributed by atoms with Crippen LogP contribution >= 0.6 is 0 Å². The van der Waals surface area contributed by atoms with E-state index in [1.54, 1.807) is 18.3 Å². The number of anilines is 1. The Balaban J connectivity index is 2.30. The van der Waals surface area contributed by atoms with Crippen LogP contribution in [0.5, 0.6) is 0 Å². The molecule has 1 unspecified atom stereocenters. The van der Waals surface area contributed by atoms with Crippen molar-refractivity contribution >= 4 is 11.7 Å². The summed E-state index contributed by atoms with van der Waals surface area (Å²) in [5.74, 6) is 0.311. The number of carboxylic acid groups (broad SMARTS) is 1. The largest absolute Gasteiger partial charge is 0.478 e. The minimum atomic E-state index is -0.956. The maximum Gasteiger partial charge on any atom is 0.337 e. The van der Waals surface area contributed by atoms with Crippen molar-refractivity contribution in [3.05, 3.63) is 47.2 Å². The maximum absolute atomic E-state index is 11.2. The quantitative estimate of drug-likeness (QED) is 0.883. The highest BCUT2D eigenvalue weighted by atomic mass is 16.4. The Labute approximate surface area is 111 Å². The van der Waals surface area contributed by atoms with Crippen LogP contribution in [0, 0.1) is 13.8 Å². The van der Waals surface area contributed by atoms with E-state index in [4.69, 9.17) is 4.42 Å². The first-order chi connectivity index (χ1) is 8.99. The highest BCUT2D eigenvalue weighted by Crippen LogP contribution is 2.25. The normalized spacial score (nSPS) is 12.2. The van der Waals surface area contributed by atoms with E-state index < -0.39 is 5.97 Å².